The normalized spacial score (nSPS) is 17.7. The fourth-order valence-corrected chi connectivity index (χ4v) is 3.40. The molecule has 2 heterocycles. The van der Waals surface area contributed by atoms with Gasteiger partial charge in [0, 0.05) is 56.0 Å². The molecule has 1 fully saturated rings. The number of hydrogen-bond donors (Lipinski definition) is 1. The third-order valence-electron chi connectivity index (χ3n) is 5.41. The highest BCUT2D eigenvalue weighted by Crippen LogP contribution is 2.26. The van der Waals surface area contributed by atoms with Crippen molar-refractivity contribution < 1.29 is 13.9 Å². The fraction of sp³-hybridized carbons (Fsp3) is 0.450. The van der Waals surface area contributed by atoms with Crippen LogP contribution in [0.25, 0.3) is 10.9 Å². The molecule has 0 spiro atoms. The number of likely N-dealkylation sites (tertiary alicyclic amines) is 1. The Bertz CT molecular complexity index is 820. The molecule has 1 aliphatic heterocycles. The molecule has 1 amide bonds. The van der Waals surface area contributed by atoms with Gasteiger partial charge in [0.05, 0.1) is 11.9 Å². The minimum atomic E-state index is -0.136. The van der Waals surface area contributed by atoms with Crippen LogP contribution in [0, 0.1) is 0 Å². The molecule has 2 N–H and O–H groups in total. The van der Waals surface area contributed by atoms with Crippen LogP contribution >= 0.6 is 0 Å². The van der Waals surface area contributed by atoms with E-state index in [0.717, 1.165) is 23.7 Å². The highest BCUT2D eigenvalue weighted by Gasteiger charge is 2.32. The zero-order chi connectivity index (χ0) is 18.7. The van der Waals surface area contributed by atoms with Gasteiger partial charge in [-0.15, -0.1) is 0 Å². The molecule has 0 saturated carbocycles. The van der Waals surface area contributed by atoms with E-state index in [2.05, 4.69) is 6.92 Å². The number of nitrogens with zero attached hydrogens (tertiary/aromatic N) is 2. The number of nitrogens with two attached hydrogens (primary N) is 1. The highest BCUT2D eigenvalue weighted by atomic mass is 19.1. The molecule has 0 atom stereocenters. The minimum Gasteiger partial charge on any atom is -0.378 e. The smallest absolute Gasteiger partial charge is 0.253 e. The van der Waals surface area contributed by atoms with Crippen LogP contribution in [-0.4, -0.2) is 47.7 Å². The van der Waals surface area contributed by atoms with E-state index in [0.29, 0.717) is 37.1 Å². The monoisotopic (exact) mass is 359 g/mol. The third-order valence-corrected chi connectivity index (χ3v) is 5.41. The molecular weight excluding hydrogens is 333 g/mol. The van der Waals surface area contributed by atoms with E-state index in [9.17, 15) is 9.18 Å². The Morgan fingerprint density at radius 2 is 2.08 bits per heavy atom. The Hall–Kier alpha value is -2.18. The summed E-state index contributed by atoms with van der Waals surface area (Å²) in [7, 11) is 1.73. The lowest BCUT2D eigenvalue weighted by Crippen LogP contribution is -2.46. The fourth-order valence-electron chi connectivity index (χ4n) is 3.40. The van der Waals surface area contributed by atoms with Crippen molar-refractivity contribution in [2.24, 2.45) is 5.73 Å². The van der Waals surface area contributed by atoms with Gasteiger partial charge in [-0.1, -0.05) is 0 Å². The van der Waals surface area contributed by atoms with Crippen molar-refractivity contribution in [2.45, 2.75) is 31.9 Å². The lowest BCUT2D eigenvalue weighted by molar-refractivity contribution is -0.0379. The van der Waals surface area contributed by atoms with Crippen LogP contribution in [0.2, 0.25) is 0 Å². The molecule has 26 heavy (non-hydrogen) atoms. The molecule has 1 aromatic carbocycles. The van der Waals surface area contributed by atoms with Gasteiger partial charge in [0.2, 0.25) is 0 Å². The van der Waals surface area contributed by atoms with E-state index in [4.69, 9.17) is 10.5 Å². The minimum absolute atomic E-state index is 0.0455. The average Bonchev–Trinajstić information content (AvgIpc) is 3.08. The number of carbonyl (C=O) groups is 1. The van der Waals surface area contributed by atoms with Crippen molar-refractivity contribution in [3.63, 3.8) is 0 Å². The summed E-state index contributed by atoms with van der Waals surface area (Å²) < 4.78 is 20.3. The van der Waals surface area contributed by atoms with Gasteiger partial charge in [0.1, 0.15) is 0 Å². The summed E-state index contributed by atoms with van der Waals surface area (Å²) in [6.07, 6.45) is 4.13. The van der Waals surface area contributed by atoms with Gasteiger partial charge < -0.3 is 19.9 Å². The molecule has 5 nitrogen and oxygen atoms in total. The topological polar surface area (TPSA) is 60.5 Å². The van der Waals surface area contributed by atoms with Gasteiger partial charge >= 0.3 is 0 Å². The molecule has 0 bridgehead atoms. The van der Waals surface area contributed by atoms with Gasteiger partial charge in [0.25, 0.3) is 5.91 Å². The Balaban J connectivity index is 1.76. The number of aromatic nitrogens is 1. The SMILES string of the molecule is COC1(C)CCN(C(=O)c2ccc3c(ccn3CC(=CF)CN)c2)CC1. The third kappa shape index (κ3) is 3.66. The lowest BCUT2D eigenvalue weighted by atomic mass is 9.93. The van der Waals surface area contributed by atoms with Crippen molar-refractivity contribution >= 4 is 16.8 Å². The van der Waals surface area contributed by atoms with E-state index < -0.39 is 0 Å². The number of carbonyl (C=O) groups excluding carboxylic acids is 1. The van der Waals surface area contributed by atoms with E-state index in [1.807, 2.05) is 39.9 Å². The standard InChI is InChI=1S/C20H26FN3O2/c1-20(26-2)6-9-23(10-7-20)19(25)17-3-4-18-16(11-17)5-8-24(18)14-15(12-21)13-22/h3-5,8,11-12H,6-7,9-10,13-14,22H2,1-2H3. The summed E-state index contributed by atoms with van der Waals surface area (Å²) >= 11 is 0. The van der Waals surface area contributed by atoms with Gasteiger partial charge in [-0.05, 0) is 49.6 Å². The maximum atomic E-state index is 12.8. The quantitative estimate of drug-likeness (QED) is 0.892. The Labute approximate surface area is 153 Å². The molecule has 1 aromatic heterocycles. The molecular formula is C20H26FN3O2. The van der Waals surface area contributed by atoms with E-state index in [1.54, 1.807) is 7.11 Å². The zero-order valence-electron chi connectivity index (χ0n) is 15.4. The molecule has 1 aliphatic rings. The van der Waals surface area contributed by atoms with E-state index in [-0.39, 0.29) is 18.1 Å². The van der Waals surface area contributed by atoms with Gasteiger partial charge in [-0.3, -0.25) is 4.79 Å². The predicted octanol–water partition coefficient (Wildman–Crippen LogP) is 3.09. The number of rotatable bonds is 5. The Kier molecular flexibility index (Phi) is 5.44. The van der Waals surface area contributed by atoms with E-state index >= 15 is 0 Å². The first kappa shape index (κ1) is 18.6. The molecule has 1 saturated heterocycles. The Morgan fingerprint density at radius 1 is 1.35 bits per heavy atom. The van der Waals surface area contributed by atoms with Crippen LogP contribution in [0.15, 0.2) is 42.4 Å². The summed E-state index contributed by atoms with van der Waals surface area (Å²) in [5, 5.41) is 0.963. The van der Waals surface area contributed by atoms with Crippen LogP contribution in [0.4, 0.5) is 4.39 Å². The summed E-state index contributed by atoms with van der Waals surface area (Å²) in [6.45, 7) is 4.07. The first-order valence-electron chi connectivity index (χ1n) is 8.91. The molecule has 0 radical (unpaired) electrons. The number of fused-ring (bicyclic) bond motifs is 1. The number of halogens is 1. The highest BCUT2D eigenvalue weighted by molar-refractivity contribution is 5.98. The van der Waals surface area contributed by atoms with Crippen LogP contribution in [-0.2, 0) is 11.3 Å². The molecule has 140 valence electrons. The van der Waals surface area contributed by atoms with Gasteiger partial charge in [-0.2, -0.15) is 0 Å². The summed E-state index contributed by atoms with van der Waals surface area (Å²) in [5.74, 6) is 0.0455. The number of hydrogen-bond acceptors (Lipinski definition) is 3. The van der Waals surface area contributed by atoms with Crippen LogP contribution in [0.5, 0.6) is 0 Å². The van der Waals surface area contributed by atoms with Gasteiger partial charge in [0.15, 0.2) is 0 Å². The van der Waals surface area contributed by atoms with Crippen LogP contribution < -0.4 is 5.73 Å². The Morgan fingerprint density at radius 3 is 2.69 bits per heavy atom. The first-order chi connectivity index (χ1) is 12.5. The van der Waals surface area contributed by atoms with Crippen LogP contribution in [0.3, 0.4) is 0 Å². The molecule has 0 aliphatic carbocycles. The number of ether oxygens (including phenoxy) is 1. The predicted molar refractivity (Wildman–Crippen MR) is 101 cm³/mol. The maximum Gasteiger partial charge on any atom is 0.253 e. The van der Waals surface area contributed by atoms with Crippen molar-refractivity contribution in [1.29, 1.82) is 0 Å². The summed E-state index contributed by atoms with van der Waals surface area (Å²) in [6, 6.07) is 7.60. The number of amides is 1. The number of benzene rings is 1. The summed E-state index contributed by atoms with van der Waals surface area (Å²) in [4.78, 5) is 14.7. The van der Waals surface area contributed by atoms with Crippen LogP contribution in [0.1, 0.15) is 30.1 Å². The maximum absolute atomic E-state index is 12.8. The van der Waals surface area contributed by atoms with Crippen molar-refractivity contribution in [2.75, 3.05) is 26.7 Å². The molecule has 2 aromatic rings. The van der Waals surface area contributed by atoms with Crippen molar-refractivity contribution in [3.8, 4) is 0 Å². The molecule has 0 unspecified atom stereocenters. The molecule has 3 rings (SSSR count). The number of methoxy groups -OCH3 is 1. The second kappa shape index (κ2) is 7.60. The zero-order valence-corrected chi connectivity index (χ0v) is 15.4. The number of piperidine rings is 1. The van der Waals surface area contributed by atoms with Crippen molar-refractivity contribution in [3.05, 3.63) is 47.9 Å². The van der Waals surface area contributed by atoms with E-state index in [1.165, 1.54) is 0 Å². The van der Waals surface area contributed by atoms with Crippen molar-refractivity contribution in [1.82, 2.24) is 9.47 Å². The molecule has 6 heteroatoms. The lowest BCUT2D eigenvalue weighted by Gasteiger charge is -2.38. The summed E-state index contributed by atoms with van der Waals surface area (Å²) in [5.41, 5.74) is 7.56. The second-order valence-corrected chi connectivity index (χ2v) is 7.13. The van der Waals surface area contributed by atoms with Gasteiger partial charge in [-0.25, -0.2) is 4.39 Å². The largest absolute Gasteiger partial charge is 0.378 e. The first-order valence-corrected chi connectivity index (χ1v) is 8.91. The average molecular weight is 359 g/mol. The second-order valence-electron chi connectivity index (χ2n) is 7.13.